The Morgan fingerprint density at radius 1 is 1.32 bits per heavy atom. The van der Waals surface area contributed by atoms with Gasteiger partial charge in [0.25, 0.3) is 0 Å². The highest BCUT2D eigenvalue weighted by Crippen LogP contribution is 2.24. The van der Waals surface area contributed by atoms with Gasteiger partial charge in [-0.2, -0.15) is 5.26 Å². The second-order valence-corrected chi connectivity index (χ2v) is 4.24. The Kier molecular flexibility index (Phi) is 2.73. The number of fused-ring (bicyclic) bond motifs is 1. The normalized spacial score (nSPS) is 10.5. The molecule has 0 saturated carbocycles. The zero-order valence-corrected chi connectivity index (χ0v) is 10.5. The maximum Gasteiger partial charge on any atom is 0.142 e. The van der Waals surface area contributed by atoms with Gasteiger partial charge in [-0.05, 0) is 37.3 Å². The van der Waals surface area contributed by atoms with Gasteiger partial charge in [-0.15, -0.1) is 0 Å². The number of aromatic nitrogens is 3. The summed E-state index contributed by atoms with van der Waals surface area (Å²) in [6, 6.07) is 11.6. The van der Waals surface area contributed by atoms with Gasteiger partial charge >= 0.3 is 0 Å². The van der Waals surface area contributed by atoms with Gasteiger partial charge in [-0.3, -0.25) is 4.98 Å². The molecule has 0 aliphatic heterocycles. The predicted octanol–water partition coefficient (Wildman–Crippen LogP) is 2.99. The second-order valence-electron chi connectivity index (χ2n) is 4.24. The van der Waals surface area contributed by atoms with Gasteiger partial charge in [0.1, 0.15) is 5.82 Å². The Hall–Kier alpha value is -2.67. The minimum atomic E-state index is 0.631. The van der Waals surface area contributed by atoms with Crippen molar-refractivity contribution >= 4 is 11.0 Å². The van der Waals surface area contributed by atoms with Crippen LogP contribution in [0.2, 0.25) is 0 Å². The average molecular weight is 248 g/mol. The van der Waals surface area contributed by atoms with Crippen molar-refractivity contribution in [3.8, 4) is 17.5 Å². The lowest BCUT2D eigenvalue weighted by Gasteiger charge is -2.05. The Balaban J connectivity index is 2.28. The van der Waals surface area contributed by atoms with Crippen LogP contribution in [0.1, 0.15) is 12.5 Å². The van der Waals surface area contributed by atoms with Crippen LogP contribution in [0.25, 0.3) is 22.4 Å². The summed E-state index contributed by atoms with van der Waals surface area (Å²) in [6.45, 7) is 2.91. The van der Waals surface area contributed by atoms with Gasteiger partial charge in [0, 0.05) is 24.5 Å². The van der Waals surface area contributed by atoms with Gasteiger partial charge in [0.05, 0.1) is 22.7 Å². The van der Waals surface area contributed by atoms with E-state index >= 15 is 0 Å². The van der Waals surface area contributed by atoms with Crippen LogP contribution in [0.3, 0.4) is 0 Å². The number of rotatable bonds is 2. The molecular formula is C15H12N4. The van der Waals surface area contributed by atoms with Crippen molar-refractivity contribution in [2.75, 3.05) is 0 Å². The standard InChI is InChI=1S/C15H12N4/c1-2-19-14-6-5-11(9-16)8-13(14)18-15(19)12-4-3-7-17-10-12/h3-8,10H,2H2,1H3. The molecule has 0 bridgehead atoms. The molecule has 0 unspecified atom stereocenters. The first kappa shape index (κ1) is 11.4. The molecule has 0 atom stereocenters. The maximum atomic E-state index is 8.95. The van der Waals surface area contributed by atoms with Crippen molar-refractivity contribution in [3.05, 3.63) is 48.3 Å². The van der Waals surface area contributed by atoms with Crippen molar-refractivity contribution in [1.82, 2.24) is 14.5 Å². The highest BCUT2D eigenvalue weighted by Gasteiger charge is 2.11. The number of hydrogen-bond donors (Lipinski definition) is 0. The molecule has 92 valence electrons. The van der Waals surface area contributed by atoms with Crippen LogP contribution in [-0.2, 0) is 6.54 Å². The van der Waals surface area contributed by atoms with Crippen LogP contribution in [0.15, 0.2) is 42.7 Å². The average Bonchev–Trinajstić information content (AvgIpc) is 2.85. The lowest BCUT2D eigenvalue weighted by molar-refractivity contribution is 0.796. The number of imidazole rings is 1. The smallest absolute Gasteiger partial charge is 0.142 e. The Labute approximate surface area is 111 Å². The van der Waals surface area contributed by atoms with Crippen molar-refractivity contribution in [1.29, 1.82) is 5.26 Å². The van der Waals surface area contributed by atoms with E-state index in [0.29, 0.717) is 5.56 Å². The molecule has 3 rings (SSSR count). The summed E-state index contributed by atoms with van der Waals surface area (Å²) in [4.78, 5) is 8.77. The SMILES string of the molecule is CCn1c(-c2cccnc2)nc2cc(C#N)ccc21. The fourth-order valence-corrected chi connectivity index (χ4v) is 2.23. The van der Waals surface area contributed by atoms with Crippen LogP contribution >= 0.6 is 0 Å². The molecule has 19 heavy (non-hydrogen) atoms. The van der Waals surface area contributed by atoms with Gasteiger partial charge < -0.3 is 4.57 Å². The van der Waals surface area contributed by atoms with E-state index in [1.807, 2.05) is 30.3 Å². The van der Waals surface area contributed by atoms with Crippen LogP contribution in [0.5, 0.6) is 0 Å². The first-order valence-corrected chi connectivity index (χ1v) is 6.14. The van der Waals surface area contributed by atoms with E-state index in [1.54, 1.807) is 12.4 Å². The number of nitriles is 1. The van der Waals surface area contributed by atoms with E-state index in [9.17, 15) is 0 Å². The minimum Gasteiger partial charge on any atom is -0.324 e. The van der Waals surface area contributed by atoms with Crippen LogP contribution in [0, 0.1) is 11.3 Å². The number of pyridine rings is 1. The molecule has 4 nitrogen and oxygen atoms in total. The fourth-order valence-electron chi connectivity index (χ4n) is 2.23. The number of benzene rings is 1. The van der Waals surface area contributed by atoms with Crippen LogP contribution in [-0.4, -0.2) is 14.5 Å². The first-order valence-electron chi connectivity index (χ1n) is 6.14. The minimum absolute atomic E-state index is 0.631. The van der Waals surface area contributed by atoms with Crippen molar-refractivity contribution < 1.29 is 0 Å². The molecular weight excluding hydrogens is 236 g/mol. The molecule has 0 spiro atoms. The van der Waals surface area contributed by atoms with E-state index in [4.69, 9.17) is 5.26 Å². The summed E-state index contributed by atoms with van der Waals surface area (Å²) in [5.41, 5.74) is 3.50. The lowest BCUT2D eigenvalue weighted by atomic mass is 10.2. The molecule has 0 N–H and O–H groups in total. The zero-order valence-electron chi connectivity index (χ0n) is 10.5. The Morgan fingerprint density at radius 2 is 2.21 bits per heavy atom. The van der Waals surface area contributed by atoms with Crippen molar-refractivity contribution in [2.45, 2.75) is 13.5 Å². The molecule has 2 aromatic heterocycles. The quantitative estimate of drug-likeness (QED) is 0.700. The predicted molar refractivity (Wildman–Crippen MR) is 73.4 cm³/mol. The molecule has 0 aliphatic rings. The Bertz CT molecular complexity index is 766. The number of hydrogen-bond acceptors (Lipinski definition) is 3. The van der Waals surface area contributed by atoms with E-state index < -0.39 is 0 Å². The molecule has 0 saturated heterocycles. The summed E-state index contributed by atoms with van der Waals surface area (Å²) in [7, 11) is 0. The van der Waals surface area contributed by atoms with E-state index in [0.717, 1.165) is 29.0 Å². The third-order valence-corrected chi connectivity index (χ3v) is 3.11. The molecule has 0 aliphatic carbocycles. The van der Waals surface area contributed by atoms with E-state index in [2.05, 4.69) is 27.5 Å². The zero-order chi connectivity index (χ0) is 13.2. The van der Waals surface area contributed by atoms with Gasteiger partial charge in [-0.25, -0.2) is 4.98 Å². The van der Waals surface area contributed by atoms with Crippen LogP contribution < -0.4 is 0 Å². The molecule has 0 fully saturated rings. The van der Waals surface area contributed by atoms with Crippen molar-refractivity contribution in [2.24, 2.45) is 0 Å². The maximum absolute atomic E-state index is 8.95. The van der Waals surface area contributed by atoms with Gasteiger partial charge in [0.2, 0.25) is 0 Å². The molecule has 4 heteroatoms. The largest absolute Gasteiger partial charge is 0.324 e. The summed E-state index contributed by atoms with van der Waals surface area (Å²) in [6.07, 6.45) is 3.55. The number of aryl methyl sites for hydroxylation is 1. The summed E-state index contributed by atoms with van der Waals surface area (Å²) in [5, 5.41) is 8.95. The number of nitrogens with zero attached hydrogens (tertiary/aromatic N) is 4. The monoisotopic (exact) mass is 248 g/mol. The topological polar surface area (TPSA) is 54.5 Å². The second kappa shape index (κ2) is 4.54. The molecule has 0 amide bonds. The van der Waals surface area contributed by atoms with Crippen LogP contribution in [0.4, 0.5) is 0 Å². The summed E-state index contributed by atoms with van der Waals surface area (Å²) in [5.74, 6) is 0.890. The molecule has 1 aromatic carbocycles. The third kappa shape index (κ3) is 1.85. The van der Waals surface area contributed by atoms with Crippen molar-refractivity contribution in [3.63, 3.8) is 0 Å². The first-order chi connectivity index (χ1) is 9.33. The molecule has 2 heterocycles. The highest BCUT2D eigenvalue weighted by atomic mass is 15.1. The van der Waals surface area contributed by atoms with Gasteiger partial charge in [-0.1, -0.05) is 0 Å². The summed E-state index contributed by atoms with van der Waals surface area (Å²) >= 11 is 0. The van der Waals surface area contributed by atoms with E-state index in [-0.39, 0.29) is 0 Å². The summed E-state index contributed by atoms with van der Waals surface area (Å²) < 4.78 is 2.13. The third-order valence-electron chi connectivity index (χ3n) is 3.11. The Morgan fingerprint density at radius 3 is 2.89 bits per heavy atom. The fraction of sp³-hybridized carbons (Fsp3) is 0.133. The highest BCUT2D eigenvalue weighted by molar-refractivity contribution is 5.81. The lowest BCUT2D eigenvalue weighted by Crippen LogP contribution is -1.97. The molecule has 3 aromatic rings. The molecule has 0 radical (unpaired) electrons. The van der Waals surface area contributed by atoms with Gasteiger partial charge in [0.15, 0.2) is 0 Å². The van der Waals surface area contributed by atoms with E-state index in [1.165, 1.54) is 0 Å².